The summed E-state index contributed by atoms with van der Waals surface area (Å²) < 4.78 is 0. The maximum Gasteiger partial charge on any atom is 0.0437 e. The summed E-state index contributed by atoms with van der Waals surface area (Å²) >= 11 is 3.31. The van der Waals surface area contributed by atoms with Crippen molar-refractivity contribution < 1.29 is 0 Å². The minimum Gasteiger partial charge on any atom is -0.262 e. The SMILES string of the molecule is C=CN=C(CC)/C(=C\Br)CC. The van der Waals surface area contributed by atoms with Gasteiger partial charge in [-0.3, -0.25) is 4.99 Å². The zero-order chi connectivity index (χ0) is 8.69. The van der Waals surface area contributed by atoms with Crippen LogP contribution in [0.25, 0.3) is 0 Å². The Morgan fingerprint density at radius 1 is 1.45 bits per heavy atom. The van der Waals surface area contributed by atoms with E-state index in [0.29, 0.717) is 0 Å². The number of aliphatic imine (C=N–C) groups is 1. The van der Waals surface area contributed by atoms with Gasteiger partial charge >= 0.3 is 0 Å². The van der Waals surface area contributed by atoms with Gasteiger partial charge in [0.2, 0.25) is 0 Å². The van der Waals surface area contributed by atoms with Crippen LogP contribution in [0, 0.1) is 0 Å². The van der Waals surface area contributed by atoms with Gasteiger partial charge in [-0.15, -0.1) is 0 Å². The van der Waals surface area contributed by atoms with Crippen molar-refractivity contribution in [2.24, 2.45) is 4.99 Å². The summed E-state index contributed by atoms with van der Waals surface area (Å²) in [5, 5.41) is 0. The summed E-state index contributed by atoms with van der Waals surface area (Å²) in [6.07, 6.45) is 3.55. The zero-order valence-electron chi connectivity index (χ0n) is 7.10. The summed E-state index contributed by atoms with van der Waals surface area (Å²) in [7, 11) is 0. The minimum absolute atomic E-state index is 0.956. The van der Waals surface area contributed by atoms with Gasteiger partial charge in [0.05, 0.1) is 0 Å². The molecule has 0 saturated heterocycles. The van der Waals surface area contributed by atoms with Crippen LogP contribution >= 0.6 is 15.9 Å². The summed E-state index contributed by atoms with van der Waals surface area (Å²) in [6.45, 7) is 7.77. The lowest BCUT2D eigenvalue weighted by Crippen LogP contribution is -1.98. The average Bonchev–Trinajstić information content (AvgIpc) is 2.05. The first kappa shape index (κ1) is 10.6. The highest BCUT2D eigenvalue weighted by atomic mass is 79.9. The Morgan fingerprint density at radius 2 is 2.09 bits per heavy atom. The number of rotatable bonds is 4. The maximum atomic E-state index is 4.17. The summed E-state index contributed by atoms with van der Waals surface area (Å²) in [5.41, 5.74) is 2.35. The molecule has 62 valence electrons. The van der Waals surface area contributed by atoms with E-state index in [-0.39, 0.29) is 0 Å². The fraction of sp³-hybridized carbons (Fsp3) is 0.444. The first-order valence-corrected chi connectivity index (χ1v) is 4.68. The van der Waals surface area contributed by atoms with Crippen molar-refractivity contribution in [3.8, 4) is 0 Å². The van der Waals surface area contributed by atoms with Crippen LogP contribution in [0.2, 0.25) is 0 Å². The van der Waals surface area contributed by atoms with Crippen molar-refractivity contribution >= 4 is 21.6 Å². The highest BCUT2D eigenvalue weighted by molar-refractivity contribution is 9.11. The lowest BCUT2D eigenvalue weighted by atomic mass is 10.1. The largest absolute Gasteiger partial charge is 0.262 e. The molecule has 0 atom stereocenters. The molecular formula is C9H14BrN. The van der Waals surface area contributed by atoms with Crippen LogP contribution in [0.1, 0.15) is 26.7 Å². The van der Waals surface area contributed by atoms with E-state index in [1.54, 1.807) is 6.20 Å². The standard InChI is InChI=1S/C9H14BrN/c1-4-8(7-10)9(5-2)11-6-3/h6-7H,3-5H2,1-2H3/b8-7-,11-9?. The van der Waals surface area contributed by atoms with E-state index in [1.807, 2.05) is 4.99 Å². The monoisotopic (exact) mass is 215 g/mol. The molecule has 0 heterocycles. The third-order valence-corrected chi connectivity index (χ3v) is 2.02. The van der Waals surface area contributed by atoms with E-state index in [9.17, 15) is 0 Å². The zero-order valence-corrected chi connectivity index (χ0v) is 8.69. The molecule has 11 heavy (non-hydrogen) atoms. The van der Waals surface area contributed by atoms with Gasteiger partial charge in [-0.2, -0.15) is 0 Å². The Bertz CT molecular complexity index is 180. The number of allylic oxidation sites excluding steroid dienone is 1. The third kappa shape index (κ3) is 3.51. The molecule has 0 aliphatic heterocycles. The Labute approximate surface area is 77.0 Å². The molecule has 0 bridgehead atoms. The number of halogens is 1. The molecule has 0 fully saturated rings. The molecular weight excluding hydrogens is 202 g/mol. The Balaban J connectivity index is 4.47. The van der Waals surface area contributed by atoms with Crippen molar-refractivity contribution in [1.82, 2.24) is 0 Å². The van der Waals surface area contributed by atoms with Gasteiger partial charge in [-0.1, -0.05) is 36.4 Å². The number of nitrogens with zero attached hydrogens (tertiary/aromatic N) is 1. The molecule has 0 aromatic heterocycles. The van der Waals surface area contributed by atoms with Crippen LogP contribution in [0.15, 0.2) is 28.3 Å². The van der Waals surface area contributed by atoms with Gasteiger partial charge in [-0.25, -0.2) is 0 Å². The molecule has 0 aromatic carbocycles. The minimum atomic E-state index is 0.956. The van der Waals surface area contributed by atoms with Gasteiger partial charge in [0.25, 0.3) is 0 Å². The average molecular weight is 216 g/mol. The van der Waals surface area contributed by atoms with Gasteiger partial charge in [0.15, 0.2) is 0 Å². The van der Waals surface area contributed by atoms with E-state index >= 15 is 0 Å². The van der Waals surface area contributed by atoms with Gasteiger partial charge < -0.3 is 0 Å². The summed E-state index contributed by atoms with van der Waals surface area (Å²) in [4.78, 5) is 6.10. The first-order chi connectivity index (χ1) is 5.29. The van der Waals surface area contributed by atoms with Crippen molar-refractivity contribution in [2.45, 2.75) is 26.7 Å². The Hall–Kier alpha value is -0.370. The van der Waals surface area contributed by atoms with Crippen molar-refractivity contribution in [1.29, 1.82) is 0 Å². The molecule has 0 radical (unpaired) electrons. The Morgan fingerprint density at radius 3 is 2.36 bits per heavy atom. The predicted octanol–water partition coefficient (Wildman–Crippen LogP) is 3.67. The van der Waals surface area contributed by atoms with Crippen LogP contribution in [0.3, 0.4) is 0 Å². The number of hydrogen-bond acceptors (Lipinski definition) is 1. The van der Waals surface area contributed by atoms with Gasteiger partial charge in [0.1, 0.15) is 0 Å². The summed E-state index contributed by atoms with van der Waals surface area (Å²) in [5.74, 6) is 0. The topological polar surface area (TPSA) is 12.4 Å². The quantitative estimate of drug-likeness (QED) is 0.635. The van der Waals surface area contributed by atoms with Crippen LogP contribution in [-0.2, 0) is 0 Å². The van der Waals surface area contributed by atoms with Crippen LogP contribution in [0.4, 0.5) is 0 Å². The Kier molecular flexibility index (Phi) is 6.13. The second kappa shape index (κ2) is 6.35. The molecule has 0 rings (SSSR count). The molecule has 2 heteroatoms. The lowest BCUT2D eigenvalue weighted by Gasteiger charge is -2.03. The molecule has 0 N–H and O–H groups in total. The molecule has 0 unspecified atom stereocenters. The highest BCUT2D eigenvalue weighted by Crippen LogP contribution is 2.09. The van der Waals surface area contributed by atoms with Crippen LogP contribution < -0.4 is 0 Å². The van der Waals surface area contributed by atoms with E-state index in [2.05, 4.69) is 41.3 Å². The van der Waals surface area contributed by atoms with Crippen molar-refractivity contribution in [3.63, 3.8) is 0 Å². The molecule has 0 spiro atoms. The van der Waals surface area contributed by atoms with E-state index in [0.717, 1.165) is 18.6 Å². The lowest BCUT2D eigenvalue weighted by molar-refractivity contribution is 1.14. The summed E-state index contributed by atoms with van der Waals surface area (Å²) in [6, 6.07) is 0. The number of hydrogen-bond donors (Lipinski definition) is 0. The maximum absolute atomic E-state index is 4.17. The van der Waals surface area contributed by atoms with Crippen LogP contribution in [0.5, 0.6) is 0 Å². The van der Waals surface area contributed by atoms with E-state index < -0.39 is 0 Å². The van der Waals surface area contributed by atoms with Crippen molar-refractivity contribution in [2.75, 3.05) is 0 Å². The molecule has 0 saturated carbocycles. The fourth-order valence-electron chi connectivity index (χ4n) is 0.856. The molecule has 1 nitrogen and oxygen atoms in total. The normalized spacial score (nSPS) is 13.4. The van der Waals surface area contributed by atoms with Gasteiger partial charge in [0, 0.05) is 11.9 Å². The molecule has 0 aliphatic rings. The van der Waals surface area contributed by atoms with Gasteiger partial charge in [-0.05, 0) is 23.4 Å². The van der Waals surface area contributed by atoms with Crippen LogP contribution in [-0.4, -0.2) is 5.71 Å². The second-order valence-electron chi connectivity index (χ2n) is 2.10. The molecule has 0 amide bonds. The van der Waals surface area contributed by atoms with E-state index in [1.165, 1.54) is 5.57 Å². The van der Waals surface area contributed by atoms with E-state index in [4.69, 9.17) is 0 Å². The predicted molar refractivity (Wildman–Crippen MR) is 55.2 cm³/mol. The molecule has 0 aromatic rings. The second-order valence-corrected chi connectivity index (χ2v) is 2.56. The van der Waals surface area contributed by atoms with Crippen molar-refractivity contribution in [3.05, 3.63) is 23.3 Å². The smallest absolute Gasteiger partial charge is 0.0437 e. The third-order valence-electron chi connectivity index (χ3n) is 1.47. The fourth-order valence-corrected chi connectivity index (χ4v) is 1.44. The molecule has 0 aliphatic carbocycles. The highest BCUT2D eigenvalue weighted by Gasteiger charge is 1.99. The first-order valence-electron chi connectivity index (χ1n) is 3.77.